The standard InChI is InChI=1S/C8H5IN2O3/c9-7-5-3-4(12)1-2-6(5)11(10-7)8(13)14/h1-3,12H,(H,13,14). The monoisotopic (exact) mass is 304 g/mol. The first-order chi connectivity index (χ1) is 6.59. The van der Waals surface area contributed by atoms with Gasteiger partial charge >= 0.3 is 6.09 Å². The second-order valence-corrected chi connectivity index (χ2v) is 3.71. The molecular formula is C8H5IN2O3. The largest absolute Gasteiger partial charge is 0.508 e. The molecule has 1 heterocycles. The fourth-order valence-electron chi connectivity index (χ4n) is 1.22. The summed E-state index contributed by atoms with van der Waals surface area (Å²) < 4.78 is 1.44. The van der Waals surface area contributed by atoms with E-state index in [0.717, 1.165) is 4.68 Å². The van der Waals surface area contributed by atoms with Gasteiger partial charge in [-0.2, -0.15) is 9.78 Å². The molecule has 2 rings (SSSR count). The lowest BCUT2D eigenvalue weighted by Crippen LogP contribution is -2.09. The highest BCUT2D eigenvalue weighted by atomic mass is 127. The number of carboxylic acid groups (broad SMARTS) is 1. The van der Waals surface area contributed by atoms with Crippen LogP contribution in [-0.4, -0.2) is 26.1 Å². The summed E-state index contributed by atoms with van der Waals surface area (Å²) in [6.07, 6.45) is -1.14. The van der Waals surface area contributed by atoms with E-state index in [1.165, 1.54) is 18.2 Å². The zero-order chi connectivity index (χ0) is 10.3. The number of phenols is 1. The molecule has 5 nitrogen and oxygen atoms in total. The lowest BCUT2D eigenvalue weighted by Gasteiger charge is -1.94. The summed E-state index contributed by atoms with van der Waals surface area (Å²) in [5, 5.41) is 22.5. The van der Waals surface area contributed by atoms with E-state index >= 15 is 0 Å². The van der Waals surface area contributed by atoms with Crippen LogP contribution in [0.15, 0.2) is 18.2 Å². The molecule has 0 unspecified atom stereocenters. The molecule has 14 heavy (non-hydrogen) atoms. The summed E-state index contributed by atoms with van der Waals surface area (Å²) in [5.74, 6) is 0.0976. The molecule has 0 bridgehead atoms. The molecule has 0 aliphatic rings. The Labute approximate surface area is 92.1 Å². The van der Waals surface area contributed by atoms with Gasteiger partial charge in [0.2, 0.25) is 0 Å². The third-order valence-electron chi connectivity index (χ3n) is 1.80. The van der Waals surface area contributed by atoms with Gasteiger partial charge in [0.1, 0.15) is 9.45 Å². The Morgan fingerprint density at radius 3 is 2.86 bits per heavy atom. The van der Waals surface area contributed by atoms with Gasteiger partial charge in [-0.25, -0.2) is 4.79 Å². The molecule has 1 aromatic carbocycles. The Bertz CT molecular complexity index is 521. The number of rotatable bonds is 0. The Morgan fingerprint density at radius 1 is 1.50 bits per heavy atom. The fourth-order valence-corrected chi connectivity index (χ4v) is 1.86. The number of carbonyl (C=O) groups is 1. The predicted molar refractivity (Wildman–Crippen MR) is 57.5 cm³/mol. The lowest BCUT2D eigenvalue weighted by atomic mass is 10.2. The summed E-state index contributed by atoms with van der Waals surface area (Å²) in [4.78, 5) is 10.7. The van der Waals surface area contributed by atoms with Gasteiger partial charge in [0, 0.05) is 5.39 Å². The van der Waals surface area contributed by atoms with Gasteiger partial charge in [-0.3, -0.25) is 0 Å². The molecule has 0 saturated carbocycles. The number of aromatic nitrogens is 2. The van der Waals surface area contributed by atoms with Crippen LogP contribution in [0.4, 0.5) is 4.79 Å². The van der Waals surface area contributed by atoms with Gasteiger partial charge in [-0.1, -0.05) is 0 Å². The van der Waals surface area contributed by atoms with Crippen molar-refractivity contribution in [1.29, 1.82) is 0 Å². The highest BCUT2D eigenvalue weighted by Gasteiger charge is 2.12. The third kappa shape index (κ3) is 1.31. The van der Waals surface area contributed by atoms with Crippen LogP contribution in [-0.2, 0) is 0 Å². The molecule has 2 N–H and O–H groups in total. The van der Waals surface area contributed by atoms with E-state index in [4.69, 9.17) is 5.11 Å². The molecule has 72 valence electrons. The van der Waals surface area contributed by atoms with Crippen molar-refractivity contribution < 1.29 is 15.0 Å². The highest BCUT2D eigenvalue weighted by Crippen LogP contribution is 2.24. The van der Waals surface area contributed by atoms with E-state index in [2.05, 4.69) is 5.10 Å². The number of phenolic OH excluding ortho intramolecular Hbond substituents is 1. The Morgan fingerprint density at radius 2 is 2.21 bits per heavy atom. The van der Waals surface area contributed by atoms with Crippen LogP contribution < -0.4 is 0 Å². The van der Waals surface area contributed by atoms with E-state index < -0.39 is 6.09 Å². The van der Waals surface area contributed by atoms with E-state index in [0.29, 0.717) is 14.6 Å². The molecule has 0 aliphatic carbocycles. The zero-order valence-corrected chi connectivity index (χ0v) is 8.96. The summed E-state index contributed by atoms with van der Waals surface area (Å²) in [5.41, 5.74) is 0.472. The van der Waals surface area contributed by atoms with Crippen LogP contribution in [0.2, 0.25) is 0 Å². The number of fused-ring (bicyclic) bond motifs is 1. The Hall–Kier alpha value is -1.31. The molecule has 1 aromatic heterocycles. The lowest BCUT2D eigenvalue weighted by molar-refractivity contribution is 0.194. The zero-order valence-electron chi connectivity index (χ0n) is 6.81. The Balaban J connectivity index is 2.84. The molecule has 2 aromatic rings. The maximum atomic E-state index is 10.7. The van der Waals surface area contributed by atoms with Crippen molar-refractivity contribution in [2.45, 2.75) is 0 Å². The second kappa shape index (κ2) is 3.12. The van der Waals surface area contributed by atoms with Crippen LogP contribution in [0.3, 0.4) is 0 Å². The van der Waals surface area contributed by atoms with Crippen LogP contribution in [0, 0.1) is 3.70 Å². The van der Waals surface area contributed by atoms with E-state index in [1.807, 2.05) is 22.6 Å². The quantitative estimate of drug-likeness (QED) is 0.729. The van der Waals surface area contributed by atoms with Crippen LogP contribution in [0.25, 0.3) is 10.9 Å². The summed E-state index contributed by atoms with van der Waals surface area (Å²) >= 11 is 1.92. The molecular weight excluding hydrogens is 299 g/mol. The first-order valence-corrected chi connectivity index (χ1v) is 4.78. The normalized spacial score (nSPS) is 10.6. The first kappa shape index (κ1) is 9.25. The van der Waals surface area contributed by atoms with Gasteiger partial charge in [0.05, 0.1) is 5.52 Å². The highest BCUT2D eigenvalue weighted by molar-refractivity contribution is 14.1. The van der Waals surface area contributed by atoms with Gasteiger partial charge in [0.15, 0.2) is 0 Å². The topological polar surface area (TPSA) is 75.3 Å². The first-order valence-electron chi connectivity index (χ1n) is 3.70. The van der Waals surface area contributed by atoms with Crippen LogP contribution in [0.1, 0.15) is 0 Å². The summed E-state index contributed by atoms with van der Waals surface area (Å²) in [6.45, 7) is 0. The van der Waals surface area contributed by atoms with Crippen molar-refractivity contribution in [2.24, 2.45) is 0 Å². The molecule has 0 aliphatic heterocycles. The van der Waals surface area contributed by atoms with Crippen LogP contribution in [0.5, 0.6) is 5.75 Å². The molecule has 6 heteroatoms. The molecule has 0 amide bonds. The van der Waals surface area contributed by atoms with Crippen molar-refractivity contribution in [2.75, 3.05) is 0 Å². The van der Waals surface area contributed by atoms with Gasteiger partial charge in [-0.15, -0.1) is 0 Å². The summed E-state index contributed by atoms with van der Waals surface area (Å²) in [7, 11) is 0. The SMILES string of the molecule is O=C(O)n1nc(I)c2cc(O)ccc21. The average molecular weight is 304 g/mol. The van der Waals surface area contributed by atoms with E-state index in [9.17, 15) is 9.90 Å². The fraction of sp³-hybridized carbons (Fsp3) is 0. The average Bonchev–Trinajstić information content (AvgIpc) is 2.44. The smallest absolute Gasteiger partial charge is 0.432 e. The van der Waals surface area contributed by atoms with E-state index in [-0.39, 0.29) is 5.75 Å². The van der Waals surface area contributed by atoms with Gasteiger partial charge < -0.3 is 10.2 Å². The van der Waals surface area contributed by atoms with E-state index in [1.54, 1.807) is 0 Å². The van der Waals surface area contributed by atoms with Crippen molar-refractivity contribution >= 4 is 39.6 Å². The second-order valence-electron chi connectivity index (χ2n) is 2.69. The number of hydrogen-bond donors (Lipinski definition) is 2. The van der Waals surface area contributed by atoms with Crippen molar-refractivity contribution in [3.63, 3.8) is 0 Å². The third-order valence-corrected chi connectivity index (χ3v) is 2.60. The maximum absolute atomic E-state index is 10.7. The maximum Gasteiger partial charge on any atom is 0.432 e. The predicted octanol–water partition coefficient (Wildman–Crippen LogP) is 1.87. The summed E-state index contributed by atoms with van der Waals surface area (Å²) in [6, 6.07) is 4.44. The molecule has 0 radical (unpaired) electrons. The van der Waals surface area contributed by atoms with Crippen molar-refractivity contribution in [1.82, 2.24) is 9.78 Å². The minimum atomic E-state index is -1.14. The minimum absolute atomic E-state index is 0.0976. The van der Waals surface area contributed by atoms with Crippen LogP contribution >= 0.6 is 22.6 Å². The number of nitrogens with zero attached hydrogens (tertiary/aromatic N) is 2. The minimum Gasteiger partial charge on any atom is -0.508 e. The number of hydrogen-bond acceptors (Lipinski definition) is 3. The Kier molecular flexibility index (Phi) is 2.06. The van der Waals surface area contributed by atoms with Gasteiger partial charge in [-0.05, 0) is 40.8 Å². The molecule has 0 spiro atoms. The number of benzene rings is 1. The van der Waals surface area contributed by atoms with Crippen molar-refractivity contribution in [3.8, 4) is 5.75 Å². The van der Waals surface area contributed by atoms with Crippen molar-refractivity contribution in [3.05, 3.63) is 21.9 Å². The molecule has 0 saturated heterocycles. The number of halogens is 1. The van der Waals surface area contributed by atoms with Gasteiger partial charge in [0.25, 0.3) is 0 Å². The molecule has 0 fully saturated rings. The number of aromatic hydroxyl groups is 1. The molecule has 0 atom stereocenters.